The van der Waals surface area contributed by atoms with Gasteiger partial charge in [0, 0.05) is 12.6 Å². The molecule has 0 spiro atoms. The molecule has 0 aliphatic rings. The van der Waals surface area contributed by atoms with Gasteiger partial charge in [0.05, 0.1) is 6.42 Å². The van der Waals surface area contributed by atoms with E-state index in [1.54, 1.807) is 13.8 Å². The molecule has 116 valence electrons. The third-order valence-electron chi connectivity index (χ3n) is 2.82. The van der Waals surface area contributed by atoms with Gasteiger partial charge in [-0.3, -0.25) is 9.59 Å². The van der Waals surface area contributed by atoms with Crippen LogP contribution in [0.5, 0.6) is 0 Å². The third kappa shape index (κ3) is 6.96. The van der Waals surface area contributed by atoms with Crippen LogP contribution in [0.2, 0.25) is 0 Å². The number of rotatable bonds is 6. The van der Waals surface area contributed by atoms with E-state index in [2.05, 4.69) is 16.0 Å². The Labute approximate surface area is 119 Å². The van der Waals surface area contributed by atoms with E-state index in [9.17, 15) is 14.4 Å². The molecule has 3 amide bonds. The van der Waals surface area contributed by atoms with Crippen molar-refractivity contribution < 1.29 is 19.5 Å². The molecule has 0 radical (unpaired) electrons. The molecule has 2 atom stereocenters. The normalized spacial score (nSPS) is 14.1. The molecule has 0 saturated carbocycles. The summed E-state index contributed by atoms with van der Waals surface area (Å²) in [4.78, 5) is 34.1. The highest BCUT2D eigenvalue weighted by atomic mass is 16.4. The standard InChI is InChI=1S/C13H25N3O4/c1-6-14-11(19)8(2)15-12(20)16-9(7-10(17)18)13(3,4)5/h8-9H,6-7H2,1-5H3,(H,14,19)(H,17,18)(H2,15,16,20). The van der Waals surface area contributed by atoms with Crippen LogP contribution in [0, 0.1) is 5.41 Å². The minimum absolute atomic E-state index is 0.174. The van der Waals surface area contributed by atoms with Gasteiger partial charge in [-0.2, -0.15) is 0 Å². The Hall–Kier alpha value is -1.79. The Balaban J connectivity index is 4.54. The van der Waals surface area contributed by atoms with Gasteiger partial charge in [0.2, 0.25) is 5.91 Å². The van der Waals surface area contributed by atoms with E-state index in [1.165, 1.54) is 0 Å². The first-order valence-corrected chi connectivity index (χ1v) is 6.64. The Morgan fingerprint density at radius 3 is 2.10 bits per heavy atom. The number of carboxylic acids is 1. The summed E-state index contributed by atoms with van der Waals surface area (Å²) >= 11 is 0. The number of carbonyl (C=O) groups is 3. The van der Waals surface area contributed by atoms with Crippen LogP contribution in [0.3, 0.4) is 0 Å². The zero-order chi connectivity index (χ0) is 15.9. The number of urea groups is 1. The number of carboxylic acid groups (broad SMARTS) is 1. The maximum atomic E-state index is 11.8. The molecule has 0 aromatic heterocycles. The molecule has 0 saturated heterocycles. The van der Waals surface area contributed by atoms with E-state index < -0.39 is 29.5 Å². The first kappa shape index (κ1) is 18.2. The highest BCUT2D eigenvalue weighted by molar-refractivity contribution is 5.86. The summed E-state index contributed by atoms with van der Waals surface area (Å²) in [7, 11) is 0. The quantitative estimate of drug-likeness (QED) is 0.576. The summed E-state index contributed by atoms with van der Waals surface area (Å²) in [5.41, 5.74) is -0.398. The Kier molecular flexibility index (Phi) is 7.02. The van der Waals surface area contributed by atoms with Crippen molar-refractivity contribution in [1.29, 1.82) is 0 Å². The molecule has 7 nitrogen and oxygen atoms in total. The molecular formula is C13H25N3O4. The van der Waals surface area contributed by atoms with Gasteiger partial charge in [-0.1, -0.05) is 20.8 Å². The number of nitrogens with one attached hydrogen (secondary N) is 3. The van der Waals surface area contributed by atoms with Crippen LogP contribution in [0.25, 0.3) is 0 Å². The van der Waals surface area contributed by atoms with Gasteiger partial charge >= 0.3 is 12.0 Å². The minimum atomic E-state index is -0.984. The van der Waals surface area contributed by atoms with Crippen LogP contribution in [-0.2, 0) is 9.59 Å². The maximum absolute atomic E-state index is 11.8. The highest BCUT2D eigenvalue weighted by Crippen LogP contribution is 2.21. The van der Waals surface area contributed by atoms with Crippen molar-refractivity contribution in [2.24, 2.45) is 5.41 Å². The molecule has 0 aromatic rings. The number of carbonyl (C=O) groups excluding carboxylic acids is 2. The summed E-state index contributed by atoms with van der Waals surface area (Å²) < 4.78 is 0. The van der Waals surface area contributed by atoms with Crippen molar-refractivity contribution in [3.8, 4) is 0 Å². The molecule has 20 heavy (non-hydrogen) atoms. The van der Waals surface area contributed by atoms with Crippen LogP contribution >= 0.6 is 0 Å². The van der Waals surface area contributed by atoms with Crippen LogP contribution < -0.4 is 16.0 Å². The van der Waals surface area contributed by atoms with Gasteiger partial charge in [-0.25, -0.2) is 4.79 Å². The topological polar surface area (TPSA) is 108 Å². The number of aliphatic carboxylic acids is 1. The molecule has 0 fully saturated rings. The summed E-state index contributed by atoms with van der Waals surface area (Å²) in [6, 6.07) is -1.76. The summed E-state index contributed by atoms with van der Waals surface area (Å²) in [5, 5.41) is 16.5. The number of likely N-dealkylation sites (N-methyl/N-ethyl adjacent to an activating group) is 1. The Bertz CT molecular complexity index is 363. The molecular weight excluding hydrogens is 262 g/mol. The fourth-order valence-corrected chi connectivity index (χ4v) is 1.54. The Morgan fingerprint density at radius 2 is 1.70 bits per heavy atom. The zero-order valence-corrected chi connectivity index (χ0v) is 12.7. The molecule has 2 unspecified atom stereocenters. The fraction of sp³-hybridized carbons (Fsp3) is 0.769. The largest absolute Gasteiger partial charge is 0.481 e. The summed E-state index contributed by atoms with van der Waals surface area (Å²) in [6.07, 6.45) is -0.174. The lowest BCUT2D eigenvalue weighted by molar-refractivity contribution is -0.138. The van der Waals surface area contributed by atoms with Gasteiger partial charge in [-0.15, -0.1) is 0 Å². The first-order valence-electron chi connectivity index (χ1n) is 6.64. The lowest BCUT2D eigenvalue weighted by Crippen LogP contribution is -2.53. The maximum Gasteiger partial charge on any atom is 0.315 e. The van der Waals surface area contributed by atoms with E-state index in [-0.39, 0.29) is 12.3 Å². The molecule has 0 aliphatic heterocycles. The van der Waals surface area contributed by atoms with Crippen molar-refractivity contribution in [2.45, 2.75) is 53.1 Å². The summed E-state index contributed by atoms with van der Waals surface area (Å²) in [5.74, 6) is -1.27. The van der Waals surface area contributed by atoms with E-state index >= 15 is 0 Å². The van der Waals surface area contributed by atoms with Crippen molar-refractivity contribution >= 4 is 17.9 Å². The monoisotopic (exact) mass is 287 g/mol. The fourth-order valence-electron chi connectivity index (χ4n) is 1.54. The van der Waals surface area contributed by atoms with E-state index in [4.69, 9.17) is 5.11 Å². The van der Waals surface area contributed by atoms with Crippen LogP contribution in [0.4, 0.5) is 4.79 Å². The third-order valence-corrected chi connectivity index (χ3v) is 2.82. The van der Waals surface area contributed by atoms with Crippen molar-refractivity contribution in [3.05, 3.63) is 0 Å². The second-order valence-electron chi connectivity index (χ2n) is 5.75. The second kappa shape index (κ2) is 7.72. The highest BCUT2D eigenvalue weighted by Gasteiger charge is 2.29. The minimum Gasteiger partial charge on any atom is -0.481 e. The van der Waals surface area contributed by atoms with Gasteiger partial charge in [0.15, 0.2) is 0 Å². The number of hydrogen-bond donors (Lipinski definition) is 4. The molecule has 4 N–H and O–H groups in total. The molecule has 0 aliphatic carbocycles. The smallest absolute Gasteiger partial charge is 0.315 e. The lowest BCUT2D eigenvalue weighted by Gasteiger charge is -2.30. The van der Waals surface area contributed by atoms with Crippen LogP contribution in [-0.4, -0.2) is 41.6 Å². The second-order valence-corrected chi connectivity index (χ2v) is 5.75. The predicted octanol–water partition coefficient (Wildman–Crippen LogP) is 0.700. The van der Waals surface area contributed by atoms with Gasteiger partial charge in [-0.05, 0) is 19.3 Å². The van der Waals surface area contributed by atoms with Gasteiger partial charge in [0.1, 0.15) is 6.04 Å². The van der Waals surface area contributed by atoms with Crippen LogP contribution in [0.1, 0.15) is 41.0 Å². The first-order chi connectivity index (χ1) is 9.07. The van der Waals surface area contributed by atoms with Crippen molar-refractivity contribution in [1.82, 2.24) is 16.0 Å². The number of hydrogen-bond acceptors (Lipinski definition) is 3. The molecule has 0 aromatic carbocycles. The SMILES string of the molecule is CCNC(=O)C(C)NC(=O)NC(CC(=O)O)C(C)(C)C. The van der Waals surface area contributed by atoms with E-state index in [1.807, 2.05) is 20.8 Å². The molecule has 0 bridgehead atoms. The number of amides is 3. The lowest BCUT2D eigenvalue weighted by atomic mass is 9.85. The van der Waals surface area contributed by atoms with E-state index in [0.717, 1.165) is 0 Å². The predicted molar refractivity (Wildman–Crippen MR) is 75.3 cm³/mol. The van der Waals surface area contributed by atoms with E-state index in [0.29, 0.717) is 6.54 Å². The van der Waals surface area contributed by atoms with Crippen molar-refractivity contribution in [2.75, 3.05) is 6.54 Å². The van der Waals surface area contributed by atoms with Crippen LogP contribution in [0.15, 0.2) is 0 Å². The molecule has 7 heteroatoms. The summed E-state index contributed by atoms with van der Waals surface area (Å²) in [6.45, 7) is 9.35. The molecule has 0 heterocycles. The Morgan fingerprint density at radius 1 is 1.15 bits per heavy atom. The average molecular weight is 287 g/mol. The van der Waals surface area contributed by atoms with Crippen molar-refractivity contribution in [3.63, 3.8) is 0 Å². The van der Waals surface area contributed by atoms with Gasteiger partial charge in [0.25, 0.3) is 0 Å². The van der Waals surface area contributed by atoms with Gasteiger partial charge < -0.3 is 21.1 Å². The zero-order valence-electron chi connectivity index (χ0n) is 12.7. The molecule has 0 rings (SSSR count). The average Bonchev–Trinajstić information content (AvgIpc) is 2.26.